The number of methoxy groups -OCH3 is 1. The van der Waals surface area contributed by atoms with E-state index in [1.54, 1.807) is 6.92 Å². The monoisotopic (exact) mass is 303 g/mol. The van der Waals surface area contributed by atoms with E-state index < -0.39 is 17.9 Å². The normalized spacial score (nSPS) is 11.9. The van der Waals surface area contributed by atoms with Gasteiger partial charge in [-0.25, -0.2) is 4.98 Å². The van der Waals surface area contributed by atoms with Gasteiger partial charge >= 0.3 is 0 Å². The van der Waals surface area contributed by atoms with Gasteiger partial charge in [-0.3, -0.25) is 9.59 Å². The van der Waals surface area contributed by atoms with Crippen molar-refractivity contribution < 1.29 is 18.7 Å². The quantitative estimate of drug-likeness (QED) is 0.830. The van der Waals surface area contributed by atoms with Crippen LogP contribution in [0.5, 0.6) is 0 Å². The number of hydrogen-bond acceptors (Lipinski definition) is 5. The van der Waals surface area contributed by atoms with E-state index in [2.05, 4.69) is 10.3 Å². The molecule has 2 aromatic rings. The van der Waals surface area contributed by atoms with E-state index in [0.717, 1.165) is 5.56 Å². The number of primary amides is 1. The highest BCUT2D eigenvalue weighted by Crippen LogP contribution is 2.19. The first-order valence-electron chi connectivity index (χ1n) is 6.64. The molecule has 2 amide bonds. The summed E-state index contributed by atoms with van der Waals surface area (Å²) in [5.74, 6) is -1.23. The molecule has 1 aromatic heterocycles. The van der Waals surface area contributed by atoms with Gasteiger partial charge in [0.15, 0.2) is 0 Å². The van der Waals surface area contributed by atoms with Gasteiger partial charge in [0.25, 0.3) is 11.8 Å². The van der Waals surface area contributed by atoms with Gasteiger partial charge in [-0.05, 0) is 12.5 Å². The van der Waals surface area contributed by atoms with Crippen LogP contribution in [0, 0.1) is 6.92 Å². The minimum atomic E-state index is -1.05. The third-order valence-electron chi connectivity index (χ3n) is 3.04. The molecule has 0 saturated carbocycles. The summed E-state index contributed by atoms with van der Waals surface area (Å²) in [7, 11) is 1.36. The highest BCUT2D eigenvalue weighted by molar-refractivity contribution is 5.91. The molecular formula is C15H17N3O4. The van der Waals surface area contributed by atoms with Crippen molar-refractivity contribution in [2.45, 2.75) is 19.6 Å². The first-order chi connectivity index (χ1) is 10.5. The van der Waals surface area contributed by atoms with Crippen LogP contribution in [-0.2, 0) is 16.1 Å². The fraction of sp³-hybridized carbons (Fsp3) is 0.267. The Labute approximate surface area is 127 Å². The first kappa shape index (κ1) is 15.7. The van der Waals surface area contributed by atoms with E-state index in [1.165, 1.54) is 7.11 Å². The van der Waals surface area contributed by atoms with E-state index >= 15 is 0 Å². The van der Waals surface area contributed by atoms with Crippen LogP contribution in [0.1, 0.15) is 33.8 Å². The molecule has 0 aliphatic carbocycles. The lowest BCUT2D eigenvalue weighted by Crippen LogP contribution is -2.30. The second-order valence-electron chi connectivity index (χ2n) is 4.65. The van der Waals surface area contributed by atoms with Crippen LogP contribution in [0.15, 0.2) is 34.7 Å². The number of amides is 2. The molecule has 1 atom stereocenters. The molecule has 7 heteroatoms. The second-order valence-corrected chi connectivity index (χ2v) is 4.65. The standard InChI is InChI=1S/C15H17N3O4/c1-9-11(13(16)19)22-15(18-9)12(21-2)14(20)17-8-10-6-4-3-5-7-10/h3-7,12H,8H2,1-2H3,(H2,16,19)(H,17,20). The summed E-state index contributed by atoms with van der Waals surface area (Å²) in [5, 5.41) is 2.73. The molecule has 22 heavy (non-hydrogen) atoms. The Bertz CT molecular complexity index is 667. The van der Waals surface area contributed by atoms with E-state index in [-0.39, 0.29) is 11.7 Å². The van der Waals surface area contributed by atoms with Crippen molar-refractivity contribution in [1.82, 2.24) is 10.3 Å². The van der Waals surface area contributed by atoms with Gasteiger partial charge in [0.1, 0.15) is 0 Å². The van der Waals surface area contributed by atoms with Crippen molar-refractivity contribution in [1.29, 1.82) is 0 Å². The largest absolute Gasteiger partial charge is 0.432 e. The lowest BCUT2D eigenvalue weighted by atomic mass is 10.2. The summed E-state index contributed by atoms with van der Waals surface area (Å²) in [5.41, 5.74) is 6.44. The summed E-state index contributed by atoms with van der Waals surface area (Å²) in [6, 6.07) is 9.44. The SMILES string of the molecule is COC(C(=O)NCc1ccccc1)c1nc(C)c(C(N)=O)o1. The minimum absolute atomic E-state index is 0.000591. The van der Waals surface area contributed by atoms with Gasteiger partial charge < -0.3 is 20.2 Å². The molecule has 2 rings (SSSR count). The van der Waals surface area contributed by atoms with Gasteiger partial charge in [-0.1, -0.05) is 30.3 Å². The third kappa shape index (κ3) is 3.50. The fourth-order valence-corrected chi connectivity index (χ4v) is 1.96. The van der Waals surface area contributed by atoms with Crippen molar-refractivity contribution in [3.63, 3.8) is 0 Å². The van der Waals surface area contributed by atoms with Crippen molar-refractivity contribution in [2.75, 3.05) is 7.11 Å². The Morgan fingerprint density at radius 3 is 2.59 bits per heavy atom. The molecule has 116 valence electrons. The van der Waals surface area contributed by atoms with Crippen LogP contribution in [-0.4, -0.2) is 23.9 Å². The molecule has 3 N–H and O–H groups in total. The number of nitrogens with zero attached hydrogens (tertiary/aromatic N) is 1. The number of aromatic nitrogens is 1. The van der Waals surface area contributed by atoms with Gasteiger partial charge in [-0.15, -0.1) is 0 Å². The van der Waals surface area contributed by atoms with Gasteiger partial charge in [-0.2, -0.15) is 0 Å². The maximum atomic E-state index is 12.2. The number of carbonyl (C=O) groups is 2. The van der Waals surface area contributed by atoms with E-state index in [4.69, 9.17) is 14.9 Å². The Kier molecular flexibility index (Phi) is 4.90. The van der Waals surface area contributed by atoms with Crippen LogP contribution < -0.4 is 11.1 Å². The summed E-state index contributed by atoms with van der Waals surface area (Å²) < 4.78 is 10.3. The fourth-order valence-electron chi connectivity index (χ4n) is 1.96. The number of carbonyl (C=O) groups excluding carboxylic acids is 2. The van der Waals surface area contributed by atoms with Crippen molar-refractivity contribution in [3.05, 3.63) is 53.2 Å². The Balaban J connectivity index is 2.09. The first-order valence-corrected chi connectivity index (χ1v) is 6.64. The maximum absolute atomic E-state index is 12.2. The molecule has 0 spiro atoms. The minimum Gasteiger partial charge on any atom is -0.432 e. The molecule has 7 nitrogen and oxygen atoms in total. The van der Waals surface area contributed by atoms with E-state index in [0.29, 0.717) is 12.2 Å². The van der Waals surface area contributed by atoms with Crippen LogP contribution >= 0.6 is 0 Å². The molecule has 0 fully saturated rings. The lowest BCUT2D eigenvalue weighted by molar-refractivity contribution is -0.132. The summed E-state index contributed by atoms with van der Waals surface area (Å²) in [6.07, 6.45) is -1.05. The summed E-state index contributed by atoms with van der Waals surface area (Å²) in [6.45, 7) is 1.92. The van der Waals surface area contributed by atoms with Crippen molar-refractivity contribution in [3.8, 4) is 0 Å². The maximum Gasteiger partial charge on any atom is 0.286 e. The van der Waals surface area contributed by atoms with Crippen LogP contribution in [0.4, 0.5) is 0 Å². The smallest absolute Gasteiger partial charge is 0.286 e. The molecule has 1 heterocycles. The third-order valence-corrected chi connectivity index (χ3v) is 3.04. The number of rotatable bonds is 6. The topological polar surface area (TPSA) is 107 Å². The van der Waals surface area contributed by atoms with E-state index in [1.807, 2.05) is 30.3 Å². The van der Waals surface area contributed by atoms with Gasteiger partial charge in [0, 0.05) is 13.7 Å². The molecule has 0 aliphatic heterocycles. The number of benzene rings is 1. The number of hydrogen-bond donors (Lipinski definition) is 2. The molecule has 0 bridgehead atoms. The highest BCUT2D eigenvalue weighted by Gasteiger charge is 2.27. The highest BCUT2D eigenvalue weighted by atomic mass is 16.5. The number of nitrogens with one attached hydrogen (secondary N) is 1. The molecule has 0 saturated heterocycles. The Morgan fingerprint density at radius 2 is 2.05 bits per heavy atom. The second kappa shape index (κ2) is 6.86. The zero-order chi connectivity index (χ0) is 16.1. The van der Waals surface area contributed by atoms with Crippen LogP contribution in [0.2, 0.25) is 0 Å². The van der Waals surface area contributed by atoms with Gasteiger partial charge in [0.05, 0.1) is 5.69 Å². The zero-order valence-electron chi connectivity index (χ0n) is 12.3. The molecule has 1 aromatic carbocycles. The molecule has 0 aliphatic rings. The summed E-state index contributed by atoms with van der Waals surface area (Å²) in [4.78, 5) is 27.4. The van der Waals surface area contributed by atoms with Crippen molar-refractivity contribution >= 4 is 11.8 Å². The van der Waals surface area contributed by atoms with Crippen LogP contribution in [0.25, 0.3) is 0 Å². The predicted molar refractivity (Wildman–Crippen MR) is 77.8 cm³/mol. The van der Waals surface area contributed by atoms with Gasteiger partial charge in [0.2, 0.25) is 17.8 Å². The Morgan fingerprint density at radius 1 is 1.36 bits per heavy atom. The molecular weight excluding hydrogens is 286 g/mol. The molecule has 0 radical (unpaired) electrons. The van der Waals surface area contributed by atoms with Crippen LogP contribution in [0.3, 0.4) is 0 Å². The average Bonchev–Trinajstić information content (AvgIpc) is 2.89. The summed E-state index contributed by atoms with van der Waals surface area (Å²) >= 11 is 0. The lowest BCUT2D eigenvalue weighted by Gasteiger charge is -2.12. The average molecular weight is 303 g/mol. The number of ether oxygens (including phenoxy) is 1. The number of aryl methyl sites for hydroxylation is 1. The van der Waals surface area contributed by atoms with E-state index in [9.17, 15) is 9.59 Å². The number of oxazole rings is 1. The number of nitrogens with two attached hydrogens (primary N) is 1. The molecule has 1 unspecified atom stereocenters. The predicted octanol–water partition coefficient (Wildman–Crippen LogP) is 1.09. The van der Waals surface area contributed by atoms with Crippen molar-refractivity contribution in [2.24, 2.45) is 5.73 Å². The zero-order valence-corrected chi connectivity index (χ0v) is 12.3. The Hall–Kier alpha value is -2.67.